The van der Waals surface area contributed by atoms with Crippen LogP contribution in [0.3, 0.4) is 0 Å². The molecule has 3 aromatic carbocycles. The number of hydrogen-bond acceptors (Lipinski definition) is 5. The molecule has 0 bridgehead atoms. The van der Waals surface area contributed by atoms with E-state index in [2.05, 4.69) is 0 Å². The highest BCUT2D eigenvalue weighted by atomic mass is 35.5. The van der Waals surface area contributed by atoms with Crippen LogP contribution in [0.2, 0.25) is 15.1 Å². The first-order valence-corrected chi connectivity index (χ1v) is 13.2. The Kier molecular flexibility index (Phi) is 7.91. The fourth-order valence-electron chi connectivity index (χ4n) is 3.62. The van der Waals surface area contributed by atoms with Crippen LogP contribution in [0.15, 0.2) is 99.4 Å². The monoisotopic (exact) mass is 568 g/mol. The van der Waals surface area contributed by atoms with E-state index in [9.17, 15) is 4.79 Å². The molecule has 1 aliphatic heterocycles. The molecule has 1 amide bonds. The summed E-state index contributed by atoms with van der Waals surface area (Å²) >= 11 is 20.5. The number of halogens is 3. The van der Waals surface area contributed by atoms with Gasteiger partial charge in [0, 0.05) is 10.6 Å². The third-order valence-electron chi connectivity index (χ3n) is 5.41. The van der Waals surface area contributed by atoms with Gasteiger partial charge in [0.1, 0.15) is 12.4 Å². The molecule has 9 heteroatoms. The maximum Gasteiger partial charge on any atom is 0.267 e. The topological polar surface area (TPSA) is 55.0 Å². The molecule has 1 saturated heterocycles. The number of amidine groups is 1. The van der Waals surface area contributed by atoms with Crippen LogP contribution in [-0.4, -0.2) is 16.0 Å². The molecule has 1 aliphatic rings. The van der Waals surface area contributed by atoms with E-state index in [1.54, 1.807) is 41.5 Å². The zero-order valence-corrected chi connectivity index (χ0v) is 22.3. The van der Waals surface area contributed by atoms with E-state index in [1.807, 2.05) is 54.6 Å². The van der Waals surface area contributed by atoms with Crippen molar-refractivity contribution in [1.29, 1.82) is 0 Å². The van der Waals surface area contributed by atoms with Gasteiger partial charge in [0.25, 0.3) is 5.91 Å². The largest absolute Gasteiger partial charge is 0.486 e. The predicted octanol–water partition coefficient (Wildman–Crippen LogP) is 8.62. The number of furan rings is 1. The fraction of sp³-hybridized carbons (Fsp3) is 0.0714. The van der Waals surface area contributed by atoms with Crippen molar-refractivity contribution >= 4 is 69.4 Å². The highest BCUT2D eigenvalue weighted by Gasteiger charge is 2.34. The number of benzene rings is 3. The molecule has 0 unspecified atom stereocenters. The van der Waals surface area contributed by atoms with Crippen LogP contribution < -0.4 is 4.74 Å². The number of nitrogens with zero attached hydrogens (tertiary/aromatic N) is 2. The molecule has 1 aromatic heterocycles. The molecule has 4 aromatic rings. The summed E-state index contributed by atoms with van der Waals surface area (Å²) in [6.45, 7) is 0.479. The van der Waals surface area contributed by atoms with Crippen LogP contribution in [0, 0.1) is 0 Å². The van der Waals surface area contributed by atoms with Gasteiger partial charge in [-0.25, -0.2) is 4.99 Å². The second kappa shape index (κ2) is 11.5. The van der Waals surface area contributed by atoms with Crippen LogP contribution in [0.5, 0.6) is 5.75 Å². The van der Waals surface area contributed by atoms with Gasteiger partial charge in [0.2, 0.25) is 0 Å². The lowest BCUT2D eigenvalue weighted by Gasteiger charge is -2.13. The highest BCUT2D eigenvalue weighted by molar-refractivity contribution is 8.18. The first kappa shape index (κ1) is 25.5. The number of carbonyl (C=O) groups excluding carboxylic acids is 1. The van der Waals surface area contributed by atoms with Crippen molar-refractivity contribution in [2.45, 2.75) is 13.2 Å². The normalized spacial score (nSPS) is 15.6. The summed E-state index contributed by atoms with van der Waals surface area (Å²) in [7, 11) is 0. The van der Waals surface area contributed by atoms with Crippen molar-refractivity contribution in [1.82, 2.24) is 4.90 Å². The Morgan fingerprint density at radius 2 is 1.65 bits per heavy atom. The summed E-state index contributed by atoms with van der Waals surface area (Å²) in [4.78, 5) is 20.1. The average Bonchev–Trinajstić information content (AvgIpc) is 3.50. The smallest absolute Gasteiger partial charge is 0.267 e. The number of hydrogen-bond donors (Lipinski definition) is 0. The van der Waals surface area contributed by atoms with E-state index in [-0.39, 0.29) is 19.1 Å². The summed E-state index contributed by atoms with van der Waals surface area (Å²) in [6, 6.07) is 23.9. The quantitative estimate of drug-likeness (QED) is 0.209. The molecule has 37 heavy (non-hydrogen) atoms. The van der Waals surface area contributed by atoms with Crippen molar-refractivity contribution in [3.8, 4) is 5.75 Å². The third-order valence-corrected chi connectivity index (χ3v) is 7.35. The molecule has 0 radical (unpaired) electrons. The van der Waals surface area contributed by atoms with E-state index in [0.717, 1.165) is 11.3 Å². The maximum absolute atomic E-state index is 13.4. The zero-order valence-electron chi connectivity index (χ0n) is 19.2. The summed E-state index contributed by atoms with van der Waals surface area (Å²) in [6.07, 6.45) is 3.32. The molecule has 0 N–H and O–H groups in total. The van der Waals surface area contributed by atoms with E-state index in [1.165, 1.54) is 11.8 Å². The Balaban J connectivity index is 1.41. The summed E-state index contributed by atoms with van der Waals surface area (Å²) in [5.41, 5.74) is 2.22. The Bertz CT molecular complexity index is 1460. The van der Waals surface area contributed by atoms with Crippen molar-refractivity contribution < 1.29 is 13.9 Å². The lowest BCUT2D eigenvalue weighted by Crippen LogP contribution is -2.28. The first-order valence-electron chi connectivity index (χ1n) is 11.2. The maximum atomic E-state index is 13.4. The molecule has 186 valence electrons. The molecule has 5 rings (SSSR count). The van der Waals surface area contributed by atoms with Gasteiger partial charge in [-0.2, -0.15) is 0 Å². The minimum absolute atomic E-state index is 0.192. The van der Waals surface area contributed by atoms with Crippen LogP contribution in [0.4, 0.5) is 5.69 Å². The number of rotatable bonds is 7. The molecular weight excluding hydrogens is 551 g/mol. The zero-order chi connectivity index (χ0) is 25.8. The van der Waals surface area contributed by atoms with Crippen molar-refractivity contribution in [2.24, 2.45) is 4.99 Å². The van der Waals surface area contributed by atoms with Gasteiger partial charge in [-0.15, -0.1) is 0 Å². The van der Waals surface area contributed by atoms with Gasteiger partial charge in [-0.05, 0) is 65.9 Å². The number of carbonyl (C=O) groups is 1. The van der Waals surface area contributed by atoms with Crippen molar-refractivity contribution in [3.05, 3.63) is 122 Å². The van der Waals surface area contributed by atoms with Gasteiger partial charge in [-0.1, -0.05) is 71.2 Å². The second-order valence-electron chi connectivity index (χ2n) is 8.00. The lowest BCUT2D eigenvalue weighted by atomic mass is 10.2. The number of ether oxygens (including phenoxy) is 1. The lowest BCUT2D eigenvalue weighted by molar-refractivity contribution is -0.122. The number of aliphatic imine (C=N–C) groups is 1. The van der Waals surface area contributed by atoms with Gasteiger partial charge in [0.05, 0.1) is 33.4 Å². The molecule has 2 heterocycles. The Morgan fingerprint density at radius 3 is 2.35 bits per heavy atom. The van der Waals surface area contributed by atoms with Gasteiger partial charge >= 0.3 is 0 Å². The minimum Gasteiger partial charge on any atom is -0.486 e. The molecular formula is C28H19Cl3N2O3S. The third kappa shape index (κ3) is 6.05. The van der Waals surface area contributed by atoms with Crippen LogP contribution in [0.1, 0.15) is 16.9 Å². The van der Waals surface area contributed by atoms with Gasteiger partial charge < -0.3 is 9.15 Å². The minimum atomic E-state index is -0.192. The molecule has 0 aliphatic carbocycles. The Labute approximate surface area is 233 Å². The van der Waals surface area contributed by atoms with Crippen LogP contribution >= 0.6 is 46.6 Å². The summed E-state index contributed by atoms with van der Waals surface area (Å²) < 4.78 is 11.3. The first-order chi connectivity index (χ1) is 18.0. The number of thioether (sulfide) groups is 1. The molecule has 0 spiro atoms. The highest BCUT2D eigenvalue weighted by Crippen LogP contribution is 2.39. The number of amides is 1. The SMILES string of the molecule is O=C1/C(=C/c2cc(Cl)c(OCc3ccccc3Cl)c(Cl)c2)SC(=Nc2ccccc2)N1Cc1ccco1. The molecule has 0 atom stereocenters. The standard InChI is InChI=1S/C28H19Cl3N2O3S/c29-22-11-5-4-7-19(22)17-36-26-23(30)13-18(14-24(26)31)15-25-27(34)33(16-21-10-6-12-35-21)28(37-25)32-20-8-2-1-3-9-20/h1-15H,16-17H2/b25-15-,32-28?. The van der Waals surface area contributed by atoms with Crippen LogP contribution in [-0.2, 0) is 17.9 Å². The average molecular weight is 570 g/mol. The Morgan fingerprint density at radius 1 is 0.919 bits per heavy atom. The van der Waals surface area contributed by atoms with E-state index >= 15 is 0 Å². The van der Waals surface area contributed by atoms with Crippen molar-refractivity contribution in [3.63, 3.8) is 0 Å². The molecule has 0 saturated carbocycles. The number of para-hydroxylation sites is 1. The molecule has 1 fully saturated rings. The summed E-state index contributed by atoms with van der Waals surface area (Å²) in [5.74, 6) is 0.811. The Hall–Kier alpha value is -3.16. The van der Waals surface area contributed by atoms with E-state index in [0.29, 0.717) is 42.2 Å². The van der Waals surface area contributed by atoms with Gasteiger partial charge in [0.15, 0.2) is 10.9 Å². The second-order valence-corrected chi connectivity index (χ2v) is 10.2. The fourth-order valence-corrected chi connectivity index (χ4v) is 5.42. The van der Waals surface area contributed by atoms with Crippen LogP contribution in [0.25, 0.3) is 6.08 Å². The van der Waals surface area contributed by atoms with Gasteiger partial charge in [-0.3, -0.25) is 9.69 Å². The molecule has 5 nitrogen and oxygen atoms in total. The van der Waals surface area contributed by atoms with Crippen molar-refractivity contribution in [2.75, 3.05) is 0 Å². The van der Waals surface area contributed by atoms with E-state index < -0.39 is 0 Å². The predicted molar refractivity (Wildman–Crippen MR) is 151 cm³/mol. The van der Waals surface area contributed by atoms with E-state index in [4.69, 9.17) is 48.9 Å². The summed E-state index contributed by atoms with van der Waals surface area (Å²) in [5, 5.41) is 1.80.